The first kappa shape index (κ1) is 7.60. The molecule has 1 heterocycles. The van der Waals surface area contributed by atoms with Gasteiger partial charge in [0.15, 0.2) is 0 Å². The summed E-state index contributed by atoms with van der Waals surface area (Å²) in [5.41, 5.74) is 0. The Morgan fingerprint density at radius 1 is 1.09 bits per heavy atom. The van der Waals surface area contributed by atoms with Gasteiger partial charge in [0.05, 0.1) is 0 Å². The van der Waals surface area contributed by atoms with Crippen LogP contribution in [-0.4, -0.2) is 24.5 Å². The van der Waals surface area contributed by atoms with Gasteiger partial charge in [0.2, 0.25) is 0 Å². The molecule has 0 radical (unpaired) electrons. The van der Waals surface area contributed by atoms with E-state index in [-0.39, 0.29) is 0 Å². The molecule has 11 heavy (non-hydrogen) atoms. The van der Waals surface area contributed by atoms with Crippen LogP contribution in [0.5, 0.6) is 0 Å². The average molecular weight is 153 g/mol. The third kappa shape index (κ3) is 2.19. The van der Waals surface area contributed by atoms with E-state index in [1.54, 1.807) is 0 Å². The Balaban J connectivity index is 1.69. The quantitative estimate of drug-likeness (QED) is 0.587. The molecule has 1 aliphatic carbocycles. The summed E-state index contributed by atoms with van der Waals surface area (Å²) in [5.74, 6) is 2.08. The molecule has 1 saturated carbocycles. The molecule has 0 unspecified atom stereocenters. The van der Waals surface area contributed by atoms with E-state index in [2.05, 4.69) is 11.8 Å². The van der Waals surface area contributed by atoms with E-state index in [9.17, 15) is 0 Å². The highest BCUT2D eigenvalue weighted by Crippen LogP contribution is 2.30. The normalized spacial score (nSPS) is 29.2. The zero-order chi connectivity index (χ0) is 7.68. The third-order valence-corrected chi connectivity index (χ3v) is 3.09. The minimum absolute atomic E-state index is 0.991. The van der Waals surface area contributed by atoms with Gasteiger partial charge in [-0.2, -0.15) is 0 Å². The van der Waals surface area contributed by atoms with Gasteiger partial charge in [-0.25, -0.2) is 0 Å². The zero-order valence-corrected chi connectivity index (χ0v) is 7.55. The van der Waals surface area contributed by atoms with E-state index in [1.165, 1.54) is 45.3 Å². The summed E-state index contributed by atoms with van der Waals surface area (Å²) in [4.78, 5) is 2.66. The molecule has 1 heteroatoms. The summed E-state index contributed by atoms with van der Waals surface area (Å²) in [6.07, 6.45) is 5.89. The van der Waals surface area contributed by atoms with Gasteiger partial charge in [-0.05, 0) is 50.6 Å². The fourth-order valence-corrected chi connectivity index (χ4v) is 1.91. The van der Waals surface area contributed by atoms with E-state index >= 15 is 0 Å². The van der Waals surface area contributed by atoms with Crippen molar-refractivity contribution in [3.8, 4) is 0 Å². The van der Waals surface area contributed by atoms with Crippen LogP contribution in [0.2, 0.25) is 0 Å². The lowest BCUT2D eigenvalue weighted by Gasteiger charge is -2.30. The van der Waals surface area contributed by atoms with E-state index in [1.807, 2.05) is 0 Å². The molecule has 0 N–H and O–H groups in total. The van der Waals surface area contributed by atoms with Crippen molar-refractivity contribution < 1.29 is 0 Å². The second-order valence-electron chi connectivity index (χ2n) is 4.43. The van der Waals surface area contributed by atoms with Crippen LogP contribution in [0.3, 0.4) is 0 Å². The van der Waals surface area contributed by atoms with E-state index in [0.29, 0.717) is 0 Å². The highest BCUT2D eigenvalue weighted by molar-refractivity contribution is 4.79. The monoisotopic (exact) mass is 153 g/mol. The molecule has 0 aromatic rings. The van der Waals surface area contributed by atoms with Crippen molar-refractivity contribution in [1.29, 1.82) is 0 Å². The van der Waals surface area contributed by atoms with Gasteiger partial charge in [0.25, 0.3) is 0 Å². The minimum atomic E-state index is 0.991. The molecule has 0 bridgehead atoms. The number of nitrogens with zero attached hydrogens (tertiary/aromatic N) is 1. The maximum absolute atomic E-state index is 2.66. The fourth-order valence-electron chi connectivity index (χ4n) is 1.91. The van der Waals surface area contributed by atoms with Gasteiger partial charge in [-0.1, -0.05) is 6.92 Å². The van der Waals surface area contributed by atoms with Gasteiger partial charge in [0.1, 0.15) is 0 Å². The SMILES string of the molecule is CC1CCN(CC2CC2)CC1. The molecule has 0 spiro atoms. The molecule has 2 rings (SSSR count). The highest BCUT2D eigenvalue weighted by Gasteiger charge is 2.25. The highest BCUT2D eigenvalue weighted by atomic mass is 15.1. The van der Waals surface area contributed by atoms with Crippen molar-refractivity contribution in [1.82, 2.24) is 4.90 Å². The third-order valence-electron chi connectivity index (χ3n) is 3.09. The Kier molecular flexibility index (Phi) is 2.17. The van der Waals surface area contributed by atoms with Crippen LogP contribution in [0, 0.1) is 11.8 Å². The molecule has 64 valence electrons. The molecular weight excluding hydrogens is 134 g/mol. The first-order chi connectivity index (χ1) is 5.34. The van der Waals surface area contributed by atoms with Crippen LogP contribution in [0.15, 0.2) is 0 Å². The lowest BCUT2D eigenvalue weighted by molar-refractivity contribution is 0.186. The van der Waals surface area contributed by atoms with Crippen molar-refractivity contribution in [2.24, 2.45) is 11.8 Å². The van der Waals surface area contributed by atoms with Gasteiger partial charge in [-0.3, -0.25) is 0 Å². The summed E-state index contributed by atoms with van der Waals surface area (Å²) in [7, 11) is 0. The van der Waals surface area contributed by atoms with Crippen molar-refractivity contribution in [3.05, 3.63) is 0 Å². The topological polar surface area (TPSA) is 3.24 Å². The standard InChI is InChI=1S/C10H19N/c1-9-4-6-11(7-5-9)8-10-2-3-10/h9-10H,2-8H2,1H3. The van der Waals surface area contributed by atoms with E-state index in [4.69, 9.17) is 0 Å². The van der Waals surface area contributed by atoms with Crippen molar-refractivity contribution in [3.63, 3.8) is 0 Å². The number of likely N-dealkylation sites (tertiary alicyclic amines) is 1. The van der Waals surface area contributed by atoms with Crippen molar-refractivity contribution >= 4 is 0 Å². The van der Waals surface area contributed by atoms with Crippen LogP contribution in [0.25, 0.3) is 0 Å². The second-order valence-corrected chi connectivity index (χ2v) is 4.43. The van der Waals surface area contributed by atoms with E-state index in [0.717, 1.165) is 11.8 Å². The molecule has 2 aliphatic rings. The molecule has 2 fully saturated rings. The molecule has 0 aromatic carbocycles. The summed E-state index contributed by atoms with van der Waals surface area (Å²) in [6.45, 7) is 6.54. The summed E-state index contributed by atoms with van der Waals surface area (Å²) >= 11 is 0. The maximum atomic E-state index is 2.66. The Morgan fingerprint density at radius 3 is 2.27 bits per heavy atom. The average Bonchev–Trinajstić information content (AvgIpc) is 2.78. The Labute approximate surface area is 69.8 Å². The van der Waals surface area contributed by atoms with Crippen LogP contribution in [0.1, 0.15) is 32.6 Å². The molecular formula is C10H19N. The van der Waals surface area contributed by atoms with Crippen LogP contribution in [0.4, 0.5) is 0 Å². The van der Waals surface area contributed by atoms with Crippen LogP contribution in [-0.2, 0) is 0 Å². The van der Waals surface area contributed by atoms with Crippen LogP contribution >= 0.6 is 0 Å². The fraction of sp³-hybridized carbons (Fsp3) is 1.00. The summed E-state index contributed by atoms with van der Waals surface area (Å²) < 4.78 is 0. The predicted octanol–water partition coefficient (Wildman–Crippen LogP) is 2.13. The van der Waals surface area contributed by atoms with Gasteiger partial charge in [0, 0.05) is 6.54 Å². The molecule has 0 atom stereocenters. The largest absolute Gasteiger partial charge is 0.303 e. The molecule has 1 aliphatic heterocycles. The van der Waals surface area contributed by atoms with Crippen LogP contribution < -0.4 is 0 Å². The first-order valence-corrected chi connectivity index (χ1v) is 5.07. The second kappa shape index (κ2) is 3.14. The smallest absolute Gasteiger partial charge is 0.000966 e. The Bertz CT molecular complexity index is 121. The van der Waals surface area contributed by atoms with Gasteiger partial charge in [-0.15, -0.1) is 0 Å². The predicted molar refractivity (Wildman–Crippen MR) is 47.6 cm³/mol. The minimum Gasteiger partial charge on any atom is -0.303 e. The molecule has 0 amide bonds. The lowest BCUT2D eigenvalue weighted by atomic mass is 9.99. The van der Waals surface area contributed by atoms with Gasteiger partial charge < -0.3 is 4.90 Å². The molecule has 1 saturated heterocycles. The molecule has 0 aromatic heterocycles. The number of rotatable bonds is 2. The Hall–Kier alpha value is -0.0400. The van der Waals surface area contributed by atoms with Crippen molar-refractivity contribution in [2.75, 3.05) is 19.6 Å². The van der Waals surface area contributed by atoms with E-state index < -0.39 is 0 Å². The maximum Gasteiger partial charge on any atom is 0.000966 e. The summed E-state index contributed by atoms with van der Waals surface area (Å²) in [5, 5.41) is 0. The van der Waals surface area contributed by atoms with Crippen molar-refractivity contribution in [2.45, 2.75) is 32.6 Å². The van der Waals surface area contributed by atoms with Gasteiger partial charge >= 0.3 is 0 Å². The number of hydrogen-bond acceptors (Lipinski definition) is 1. The summed E-state index contributed by atoms with van der Waals surface area (Å²) in [6, 6.07) is 0. The molecule has 1 nitrogen and oxygen atoms in total. The Morgan fingerprint density at radius 2 is 1.73 bits per heavy atom. The zero-order valence-electron chi connectivity index (χ0n) is 7.55. The number of piperidine rings is 1. The number of hydrogen-bond donors (Lipinski definition) is 0. The lowest BCUT2D eigenvalue weighted by Crippen LogP contribution is -2.34. The first-order valence-electron chi connectivity index (χ1n) is 5.07.